The molecule has 1 saturated heterocycles. The highest BCUT2D eigenvalue weighted by atomic mass is 19.1. The summed E-state index contributed by atoms with van der Waals surface area (Å²) in [4.78, 5) is 35.8. The molecule has 2 bridgehead atoms. The molecule has 1 aliphatic heterocycles. The minimum absolute atomic E-state index is 0.149. The lowest BCUT2D eigenvalue weighted by atomic mass is 9.45. The van der Waals surface area contributed by atoms with Crippen molar-refractivity contribution in [3.63, 3.8) is 0 Å². The fraction of sp³-hybridized carbons (Fsp3) is 0.486. The van der Waals surface area contributed by atoms with E-state index in [1.54, 1.807) is 29.1 Å². The zero-order valence-electron chi connectivity index (χ0n) is 28.0. The average Bonchev–Trinajstić information content (AvgIpc) is 3.05. The van der Waals surface area contributed by atoms with Crippen LogP contribution >= 0.6 is 0 Å². The number of aromatic nitrogens is 4. The lowest BCUT2D eigenvalue weighted by Crippen LogP contribution is -2.57. The zero-order valence-corrected chi connectivity index (χ0v) is 28.0. The highest BCUT2D eigenvalue weighted by Gasteiger charge is 2.56. The van der Waals surface area contributed by atoms with Gasteiger partial charge in [-0.1, -0.05) is 32.9 Å². The van der Waals surface area contributed by atoms with E-state index in [2.05, 4.69) is 53.2 Å². The number of fused-ring (bicyclic) bond motifs is 3. The van der Waals surface area contributed by atoms with Gasteiger partial charge in [0.25, 0.3) is 5.56 Å². The lowest BCUT2D eigenvalue weighted by Gasteiger charge is -2.61. The number of aryl methyl sites for hydroxylation is 2. The van der Waals surface area contributed by atoms with Gasteiger partial charge in [0, 0.05) is 44.1 Å². The van der Waals surface area contributed by atoms with Gasteiger partial charge < -0.3 is 15.5 Å². The molecule has 3 aliphatic carbocycles. The Hall–Kier alpha value is -4.18. The second-order valence-electron chi connectivity index (χ2n) is 14.4. The molecule has 3 heterocycles. The van der Waals surface area contributed by atoms with Gasteiger partial charge in [-0.3, -0.25) is 14.3 Å². The molecular formula is C37H45FN8O. The van der Waals surface area contributed by atoms with Crippen LogP contribution in [0.2, 0.25) is 0 Å². The van der Waals surface area contributed by atoms with Gasteiger partial charge in [-0.05, 0) is 92.2 Å². The molecule has 3 saturated carbocycles. The van der Waals surface area contributed by atoms with Crippen LogP contribution in [-0.2, 0) is 13.0 Å². The molecule has 9 nitrogen and oxygen atoms in total. The number of rotatable bonds is 6. The van der Waals surface area contributed by atoms with Gasteiger partial charge >= 0.3 is 0 Å². The first-order valence-electron chi connectivity index (χ1n) is 17.0. The Morgan fingerprint density at radius 3 is 2.62 bits per heavy atom. The normalized spacial score (nSPS) is 25.4. The van der Waals surface area contributed by atoms with Crippen LogP contribution in [0.1, 0.15) is 51.8 Å². The Morgan fingerprint density at radius 1 is 1.11 bits per heavy atom. The summed E-state index contributed by atoms with van der Waals surface area (Å²) in [7, 11) is 0. The van der Waals surface area contributed by atoms with E-state index in [1.165, 1.54) is 18.6 Å². The van der Waals surface area contributed by atoms with Gasteiger partial charge in [0.1, 0.15) is 11.5 Å². The van der Waals surface area contributed by atoms with Gasteiger partial charge in [0.05, 0.1) is 28.8 Å². The number of guanidine groups is 1. The Bertz CT molecular complexity index is 1850. The standard InChI is InChI=1S/C37H45FN8O/c1-22-19-41-33(20-40-22)34-43-32-18-28(10-11-29(32)35(47)46(34)14-12-25-6-8-27(38)9-7-25)42-36(45-15-13-39-23(2)21-45)44-31-17-26-16-30(24(31)3)37(26,4)5/h6-11,18-20,23-24,26,30-31,39H,12-17,21H2,1-5H3,(H,42,44)/t23-,24-,26-,30+,31-/m0/s1. The van der Waals surface area contributed by atoms with Gasteiger partial charge in [-0.2, -0.15) is 0 Å². The fourth-order valence-corrected chi connectivity index (χ4v) is 8.00. The highest BCUT2D eigenvalue weighted by molar-refractivity contribution is 5.96. The summed E-state index contributed by atoms with van der Waals surface area (Å²) in [6.07, 6.45) is 6.32. The molecule has 246 valence electrons. The van der Waals surface area contributed by atoms with Crippen LogP contribution in [0.15, 0.2) is 64.6 Å². The van der Waals surface area contributed by atoms with E-state index in [4.69, 9.17) is 9.98 Å². The molecule has 4 aliphatic rings. The lowest BCUT2D eigenvalue weighted by molar-refractivity contribution is -0.108. The molecule has 8 rings (SSSR count). The van der Waals surface area contributed by atoms with Crippen molar-refractivity contribution in [3.05, 3.63) is 82.3 Å². The summed E-state index contributed by atoms with van der Waals surface area (Å²) >= 11 is 0. The summed E-state index contributed by atoms with van der Waals surface area (Å²) in [6.45, 7) is 14.3. The Labute approximate surface area is 275 Å². The van der Waals surface area contributed by atoms with Crippen molar-refractivity contribution in [1.82, 2.24) is 29.7 Å². The maximum absolute atomic E-state index is 14.0. The number of nitrogens with zero attached hydrogens (tertiary/aromatic N) is 6. The van der Waals surface area contributed by atoms with Crippen LogP contribution in [-0.4, -0.2) is 62.1 Å². The number of nitrogens with one attached hydrogen (secondary N) is 2. The van der Waals surface area contributed by atoms with E-state index in [-0.39, 0.29) is 17.4 Å². The molecule has 47 heavy (non-hydrogen) atoms. The van der Waals surface area contributed by atoms with Gasteiger partial charge in [0.2, 0.25) is 0 Å². The summed E-state index contributed by atoms with van der Waals surface area (Å²) in [6, 6.07) is 12.7. The van der Waals surface area contributed by atoms with Crippen LogP contribution in [0, 0.1) is 35.9 Å². The predicted octanol–water partition coefficient (Wildman–Crippen LogP) is 5.68. The van der Waals surface area contributed by atoms with E-state index < -0.39 is 0 Å². The van der Waals surface area contributed by atoms with Crippen LogP contribution in [0.4, 0.5) is 10.1 Å². The van der Waals surface area contributed by atoms with Crippen LogP contribution in [0.5, 0.6) is 0 Å². The predicted molar refractivity (Wildman–Crippen MR) is 185 cm³/mol. The molecule has 0 amide bonds. The van der Waals surface area contributed by atoms with E-state index in [9.17, 15) is 9.18 Å². The summed E-state index contributed by atoms with van der Waals surface area (Å²) in [5, 5.41) is 7.75. The minimum Gasteiger partial charge on any atom is -0.340 e. The smallest absolute Gasteiger partial charge is 0.261 e. The molecule has 2 aromatic carbocycles. The van der Waals surface area contributed by atoms with Crippen LogP contribution < -0.4 is 16.2 Å². The van der Waals surface area contributed by atoms with Gasteiger partial charge in [-0.15, -0.1) is 0 Å². The van der Waals surface area contributed by atoms with Crippen LogP contribution in [0.3, 0.4) is 0 Å². The number of benzene rings is 2. The second-order valence-corrected chi connectivity index (χ2v) is 14.4. The fourth-order valence-electron chi connectivity index (χ4n) is 8.00. The summed E-state index contributed by atoms with van der Waals surface area (Å²) in [5.74, 6) is 3.02. The molecule has 0 radical (unpaired) electrons. The second kappa shape index (κ2) is 12.4. The molecule has 2 aromatic heterocycles. The van der Waals surface area contributed by atoms with E-state index in [0.29, 0.717) is 58.7 Å². The number of piperazine rings is 1. The van der Waals surface area contributed by atoms with Crippen molar-refractivity contribution in [3.8, 4) is 11.5 Å². The van der Waals surface area contributed by atoms with Gasteiger partial charge in [-0.25, -0.2) is 19.4 Å². The number of halogens is 1. The van der Waals surface area contributed by atoms with E-state index in [1.807, 2.05) is 25.1 Å². The van der Waals surface area contributed by atoms with Crippen molar-refractivity contribution >= 4 is 22.5 Å². The van der Waals surface area contributed by atoms with Crippen molar-refractivity contribution < 1.29 is 4.39 Å². The highest BCUT2D eigenvalue weighted by Crippen LogP contribution is 2.61. The molecule has 4 fully saturated rings. The molecule has 0 spiro atoms. The number of hydrogen-bond acceptors (Lipinski definition) is 6. The molecular weight excluding hydrogens is 591 g/mol. The van der Waals surface area contributed by atoms with E-state index >= 15 is 0 Å². The molecule has 10 heteroatoms. The molecule has 4 aromatic rings. The third-order valence-corrected chi connectivity index (χ3v) is 11.0. The number of aliphatic imine (C=N–C) groups is 1. The Kier molecular flexibility index (Phi) is 8.32. The van der Waals surface area contributed by atoms with Crippen molar-refractivity contribution in [2.45, 2.75) is 72.5 Å². The quantitative estimate of drug-likeness (QED) is 0.208. The number of hydrogen-bond donors (Lipinski definition) is 2. The first-order chi connectivity index (χ1) is 22.6. The maximum atomic E-state index is 14.0. The maximum Gasteiger partial charge on any atom is 0.261 e. The van der Waals surface area contributed by atoms with Crippen molar-refractivity contribution in [1.29, 1.82) is 0 Å². The summed E-state index contributed by atoms with van der Waals surface area (Å²) in [5.41, 5.74) is 3.91. The third kappa shape index (κ3) is 6.15. The minimum atomic E-state index is -0.285. The van der Waals surface area contributed by atoms with Crippen molar-refractivity contribution in [2.24, 2.45) is 28.2 Å². The number of anilines is 1. The first kappa shape index (κ1) is 31.4. The third-order valence-electron chi connectivity index (χ3n) is 11.0. The SMILES string of the molecule is Cc1cnc(-c2nc3cc(NC(=N[C@H]4C[C@@H]5C[C@H]([C@@H]4C)C5(C)C)N4CCN[C@@H](C)C4)ccc3c(=O)n2CCc2ccc(F)cc2)cn1. The molecule has 0 unspecified atom stereocenters. The topological polar surface area (TPSA) is 100 Å². The zero-order chi connectivity index (χ0) is 32.9. The Morgan fingerprint density at radius 2 is 1.91 bits per heavy atom. The van der Waals surface area contributed by atoms with Crippen molar-refractivity contribution in [2.75, 3.05) is 25.0 Å². The van der Waals surface area contributed by atoms with Gasteiger partial charge in [0.15, 0.2) is 11.8 Å². The van der Waals surface area contributed by atoms with E-state index in [0.717, 1.165) is 54.9 Å². The largest absolute Gasteiger partial charge is 0.340 e. The first-order valence-corrected chi connectivity index (χ1v) is 17.0. The monoisotopic (exact) mass is 636 g/mol. The summed E-state index contributed by atoms with van der Waals surface area (Å²) < 4.78 is 15.2. The molecule has 2 N–H and O–H groups in total. The average molecular weight is 637 g/mol. The molecule has 5 atom stereocenters. The Balaban J connectivity index is 1.24. The van der Waals surface area contributed by atoms with Crippen LogP contribution in [0.25, 0.3) is 22.4 Å².